The van der Waals surface area contributed by atoms with Gasteiger partial charge in [-0.2, -0.15) is 0 Å². The average molecular weight is 521 g/mol. The Morgan fingerprint density at radius 1 is 1.00 bits per heavy atom. The molecule has 1 aromatic carbocycles. The summed E-state index contributed by atoms with van der Waals surface area (Å²) in [4.78, 5) is 27.7. The van der Waals surface area contributed by atoms with Crippen molar-refractivity contribution in [2.45, 2.75) is 26.4 Å². The van der Waals surface area contributed by atoms with Crippen LogP contribution in [0.5, 0.6) is 5.75 Å². The number of hydrogen-bond acceptors (Lipinski definition) is 5. The quantitative estimate of drug-likeness (QED) is 0.180. The molecule has 0 saturated carbocycles. The van der Waals surface area contributed by atoms with Gasteiger partial charge in [-0.05, 0) is 39.0 Å². The van der Waals surface area contributed by atoms with E-state index in [0.29, 0.717) is 43.5 Å². The first-order valence-corrected chi connectivity index (χ1v) is 9.09. The predicted octanol–water partition coefficient (Wildman–Crippen LogP) is 1.73. The zero-order valence-electron chi connectivity index (χ0n) is 17.6. The molecule has 164 valence electrons. The van der Waals surface area contributed by atoms with Crippen molar-refractivity contribution in [1.82, 2.24) is 21.3 Å². The average Bonchev–Trinajstić information content (AvgIpc) is 2.65. The van der Waals surface area contributed by atoms with Gasteiger partial charge in [0.25, 0.3) is 5.91 Å². The molecule has 0 heterocycles. The molecule has 0 saturated heterocycles. The van der Waals surface area contributed by atoms with Crippen LogP contribution < -0.4 is 26.0 Å². The van der Waals surface area contributed by atoms with Crippen LogP contribution in [0.1, 0.15) is 31.1 Å². The smallest absolute Gasteiger partial charge is 0.407 e. The number of hydrogen-bond donors (Lipinski definition) is 4. The van der Waals surface area contributed by atoms with E-state index < -0.39 is 11.7 Å². The predicted molar refractivity (Wildman–Crippen MR) is 124 cm³/mol. The van der Waals surface area contributed by atoms with Crippen LogP contribution in [-0.2, 0) is 4.74 Å². The number of methoxy groups -OCH3 is 1. The van der Waals surface area contributed by atoms with E-state index in [4.69, 9.17) is 9.47 Å². The lowest BCUT2D eigenvalue weighted by molar-refractivity contribution is 0.0528. The summed E-state index contributed by atoms with van der Waals surface area (Å²) in [5.41, 5.74) is 0.0137. The van der Waals surface area contributed by atoms with Crippen molar-refractivity contribution in [3.8, 4) is 5.75 Å². The van der Waals surface area contributed by atoms with Crippen molar-refractivity contribution in [2.24, 2.45) is 4.99 Å². The summed E-state index contributed by atoms with van der Waals surface area (Å²) in [6, 6.07) is 6.96. The minimum Gasteiger partial charge on any atom is -0.497 e. The first-order chi connectivity index (χ1) is 13.2. The SMILES string of the molecule is CN=C(NCCNC(=O)OC(C)(C)C)NCCNC(=O)c1cccc(OC)c1.I. The minimum atomic E-state index is -0.523. The van der Waals surface area contributed by atoms with Crippen molar-refractivity contribution < 1.29 is 19.1 Å². The largest absolute Gasteiger partial charge is 0.497 e. The third-order valence-corrected chi connectivity index (χ3v) is 3.34. The highest BCUT2D eigenvalue weighted by Crippen LogP contribution is 2.12. The maximum absolute atomic E-state index is 12.1. The van der Waals surface area contributed by atoms with Gasteiger partial charge in [0.05, 0.1) is 7.11 Å². The Bertz CT molecular complexity index is 677. The molecule has 1 aromatic rings. The van der Waals surface area contributed by atoms with Crippen molar-refractivity contribution in [3.63, 3.8) is 0 Å². The number of carbonyl (C=O) groups excluding carboxylic acids is 2. The molecular weight excluding hydrogens is 489 g/mol. The Labute approximate surface area is 189 Å². The molecule has 29 heavy (non-hydrogen) atoms. The van der Waals surface area contributed by atoms with Crippen LogP contribution in [0.3, 0.4) is 0 Å². The van der Waals surface area contributed by atoms with E-state index in [1.807, 2.05) is 20.8 Å². The lowest BCUT2D eigenvalue weighted by atomic mass is 10.2. The van der Waals surface area contributed by atoms with Crippen LogP contribution in [0.25, 0.3) is 0 Å². The molecule has 0 unspecified atom stereocenters. The number of amides is 2. The third-order valence-electron chi connectivity index (χ3n) is 3.34. The van der Waals surface area contributed by atoms with Gasteiger partial charge >= 0.3 is 6.09 Å². The fourth-order valence-corrected chi connectivity index (χ4v) is 2.10. The van der Waals surface area contributed by atoms with Crippen LogP contribution in [0, 0.1) is 0 Å². The summed E-state index contributed by atoms with van der Waals surface area (Å²) in [6.45, 7) is 7.22. The molecule has 10 heteroatoms. The lowest BCUT2D eigenvalue weighted by Gasteiger charge is -2.20. The van der Waals surface area contributed by atoms with E-state index in [1.54, 1.807) is 38.4 Å². The van der Waals surface area contributed by atoms with Gasteiger partial charge in [0.2, 0.25) is 0 Å². The van der Waals surface area contributed by atoms with Crippen molar-refractivity contribution in [1.29, 1.82) is 0 Å². The van der Waals surface area contributed by atoms with Gasteiger partial charge < -0.3 is 30.7 Å². The number of ether oxygens (including phenoxy) is 2. The van der Waals surface area contributed by atoms with Crippen LogP contribution in [-0.4, -0.2) is 63.9 Å². The Morgan fingerprint density at radius 3 is 2.14 bits per heavy atom. The van der Waals surface area contributed by atoms with E-state index in [0.717, 1.165) is 0 Å². The molecule has 9 nitrogen and oxygen atoms in total. The maximum atomic E-state index is 12.1. The monoisotopic (exact) mass is 521 g/mol. The Morgan fingerprint density at radius 2 is 1.59 bits per heavy atom. The van der Waals surface area contributed by atoms with Gasteiger partial charge in [0, 0.05) is 38.8 Å². The Balaban J connectivity index is 0.00000784. The van der Waals surface area contributed by atoms with Crippen molar-refractivity contribution >= 4 is 41.9 Å². The number of alkyl carbamates (subject to hydrolysis) is 1. The van der Waals surface area contributed by atoms with Crippen molar-refractivity contribution in [2.75, 3.05) is 40.3 Å². The van der Waals surface area contributed by atoms with Crippen LogP contribution in [0.4, 0.5) is 4.79 Å². The number of nitrogens with zero attached hydrogens (tertiary/aromatic N) is 1. The molecule has 0 atom stereocenters. The molecule has 0 bridgehead atoms. The highest BCUT2D eigenvalue weighted by molar-refractivity contribution is 14.0. The zero-order chi connectivity index (χ0) is 21.0. The van der Waals surface area contributed by atoms with Gasteiger partial charge in [0.15, 0.2) is 5.96 Å². The van der Waals surface area contributed by atoms with Gasteiger partial charge in [-0.3, -0.25) is 9.79 Å². The molecule has 0 aromatic heterocycles. The summed E-state index contributed by atoms with van der Waals surface area (Å²) in [6.07, 6.45) is -0.461. The first-order valence-electron chi connectivity index (χ1n) is 9.09. The Hall–Kier alpha value is -2.24. The Kier molecular flexibility index (Phi) is 12.8. The lowest BCUT2D eigenvalue weighted by Crippen LogP contribution is -2.44. The van der Waals surface area contributed by atoms with Crippen LogP contribution in [0.2, 0.25) is 0 Å². The number of carbonyl (C=O) groups is 2. The highest BCUT2D eigenvalue weighted by atomic mass is 127. The van der Waals surface area contributed by atoms with Crippen LogP contribution >= 0.6 is 24.0 Å². The fourth-order valence-electron chi connectivity index (χ4n) is 2.10. The summed E-state index contributed by atoms with van der Waals surface area (Å²) in [5.74, 6) is 1.03. The van der Waals surface area contributed by atoms with Gasteiger partial charge in [-0.25, -0.2) is 4.79 Å². The molecule has 0 aliphatic rings. The van der Waals surface area contributed by atoms with E-state index in [1.165, 1.54) is 0 Å². The molecule has 0 aliphatic heterocycles. The second-order valence-electron chi connectivity index (χ2n) is 6.84. The van der Waals surface area contributed by atoms with E-state index in [2.05, 4.69) is 26.3 Å². The van der Waals surface area contributed by atoms with Gasteiger partial charge in [-0.15, -0.1) is 24.0 Å². The van der Waals surface area contributed by atoms with E-state index >= 15 is 0 Å². The van der Waals surface area contributed by atoms with Gasteiger partial charge in [-0.1, -0.05) is 6.07 Å². The first kappa shape index (κ1) is 26.8. The minimum absolute atomic E-state index is 0. The number of rotatable bonds is 8. The molecule has 2 amide bonds. The summed E-state index contributed by atoms with van der Waals surface area (Å²) in [5, 5.41) is 11.6. The summed E-state index contributed by atoms with van der Waals surface area (Å²) >= 11 is 0. The number of guanidine groups is 1. The summed E-state index contributed by atoms with van der Waals surface area (Å²) in [7, 11) is 3.20. The number of nitrogens with one attached hydrogen (secondary N) is 4. The number of aliphatic imine (C=N–C) groups is 1. The third kappa shape index (κ3) is 12.0. The molecule has 4 N–H and O–H groups in total. The van der Waals surface area contributed by atoms with Crippen LogP contribution in [0.15, 0.2) is 29.3 Å². The zero-order valence-corrected chi connectivity index (χ0v) is 20.0. The topological polar surface area (TPSA) is 113 Å². The second-order valence-corrected chi connectivity index (χ2v) is 6.84. The highest BCUT2D eigenvalue weighted by Gasteiger charge is 2.15. The second kappa shape index (κ2) is 13.9. The number of halogens is 1. The molecule has 0 spiro atoms. The molecule has 0 fully saturated rings. The van der Waals surface area contributed by atoms with Crippen molar-refractivity contribution in [3.05, 3.63) is 29.8 Å². The molecule has 0 radical (unpaired) electrons. The maximum Gasteiger partial charge on any atom is 0.407 e. The molecular formula is C19H32IN5O4. The number of benzene rings is 1. The fraction of sp³-hybridized carbons (Fsp3) is 0.526. The normalized spacial score (nSPS) is 11.0. The van der Waals surface area contributed by atoms with Gasteiger partial charge in [0.1, 0.15) is 11.4 Å². The summed E-state index contributed by atoms with van der Waals surface area (Å²) < 4.78 is 10.3. The van der Waals surface area contributed by atoms with E-state index in [9.17, 15) is 9.59 Å². The van der Waals surface area contributed by atoms with E-state index in [-0.39, 0.29) is 29.9 Å². The molecule has 1 rings (SSSR count). The molecule has 0 aliphatic carbocycles. The standard InChI is InChI=1S/C19H31N5O4.HI/c1-19(2,3)28-18(26)24-12-11-23-17(20-4)22-10-9-21-16(25)14-7-6-8-15(13-14)27-5;/h6-8,13H,9-12H2,1-5H3,(H,21,25)(H,24,26)(H2,20,22,23);1H.